The van der Waals surface area contributed by atoms with Crippen molar-refractivity contribution in [1.82, 2.24) is 4.57 Å². The zero-order valence-electron chi connectivity index (χ0n) is 12.2. The van der Waals surface area contributed by atoms with Crippen molar-refractivity contribution in [3.05, 3.63) is 34.3 Å². The van der Waals surface area contributed by atoms with E-state index in [1.807, 2.05) is 12.1 Å². The number of nitrogens with zero attached hydrogens (tertiary/aromatic N) is 1. The highest BCUT2D eigenvalue weighted by Crippen LogP contribution is 2.58. The Morgan fingerprint density at radius 1 is 1.33 bits per heavy atom. The maximum Gasteiger partial charge on any atom is 0.419 e. The lowest BCUT2D eigenvalue weighted by atomic mass is 9.94. The van der Waals surface area contributed by atoms with Crippen molar-refractivity contribution in [3.8, 4) is 0 Å². The number of benzene rings is 1. The van der Waals surface area contributed by atoms with Gasteiger partial charge in [-0.25, -0.2) is 4.79 Å². The summed E-state index contributed by atoms with van der Waals surface area (Å²) in [5, 5.41) is 0.0435. The van der Waals surface area contributed by atoms with E-state index in [1.54, 1.807) is 4.57 Å². The number of aryl methyl sites for hydroxylation is 1. The predicted octanol–water partition coefficient (Wildman–Crippen LogP) is 4.33. The molecule has 0 spiro atoms. The van der Waals surface area contributed by atoms with Gasteiger partial charge >= 0.3 is 5.76 Å². The highest BCUT2D eigenvalue weighted by atomic mass is 35.5. The van der Waals surface area contributed by atoms with E-state index >= 15 is 0 Å². The van der Waals surface area contributed by atoms with Crippen LogP contribution in [0.4, 0.5) is 0 Å². The molecule has 0 bridgehead atoms. The van der Waals surface area contributed by atoms with Gasteiger partial charge in [-0.1, -0.05) is 13.0 Å². The summed E-state index contributed by atoms with van der Waals surface area (Å²) in [6.45, 7) is 2.75. The van der Waals surface area contributed by atoms with Crippen LogP contribution in [0.15, 0.2) is 27.4 Å². The molecule has 3 nitrogen and oxygen atoms in total. The molecule has 2 aliphatic carbocycles. The Labute approximate surface area is 128 Å². The molecule has 0 radical (unpaired) electrons. The molecule has 112 valence electrons. The molecule has 0 N–H and O–H groups in total. The number of halogens is 1. The van der Waals surface area contributed by atoms with Crippen LogP contribution in [0.2, 0.25) is 0 Å². The molecular weight excluding hydrogens is 286 g/mol. The van der Waals surface area contributed by atoms with Gasteiger partial charge in [0.2, 0.25) is 0 Å². The van der Waals surface area contributed by atoms with E-state index in [9.17, 15) is 4.79 Å². The average Bonchev–Trinajstić information content (AvgIpc) is 2.96. The minimum atomic E-state index is -0.266. The third kappa shape index (κ3) is 2.22. The molecule has 4 heteroatoms. The molecule has 3 unspecified atom stereocenters. The van der Waals surface area contributed by atoms with Gasteiger partial charge in [0.05, 0.1) is 10.9 Å². The molecule has 1 aromatic carbocycles. The van der Waals surface area contributed by atoms with Crippen LogP contribution in [-0.4, -0.2) is 4.57 Å². The molecule has 1 heterocycles. The van der Waals surface area contributed by atoms with Gasteiger partial charge in [0, 0.05) is 6.54 Å². The third-order valence-corrected chi connectivity index (χ3v) is 5.76. The molecule has 0 aliphatic heterocycles. The summed E-state index contributed by atoms with van der Waals surface area (Å²) >= 11 is 6.68. The maximum absolute atomic E-state index is 11.9. The van der Waals surface area contributed by atoms with Gasteiger partial charge in [0.1, 0.15) is 0 Å². The molecule has 2 fully saturated rings. The topological polar surface area (TPSA) is 35.1 Å². The van der Waals surface area contributed by atoms with Crippen molar-refractivity contribution in [2.24, 2.45) is 17.8 Å². The molecule has 2 aromatic rings. The monoisotopic (exact) mass is 305 g/mol. The van der Waals surface area contributed by atoms with Crippen LogP contribution in [0, 0.1) is 17.8 Å². The van der Waals surface area contributed by atoms with Crippen molar-refractivity contribution < 1.29 is 4.42 Å². The third-order valence-electron chi connectivity index (χ3n) is 5.15. The summed E-state index contributed by atoms with van der Waals surface area (Å²) in [7, 11) is 0. The molecule has 4 rings (SSSR count). The highest BCUT2D eigenvalue weighted by Gasteiger charge is 2.47. The molecule has 3 atom stereocenters. The first-order valence-electron chi connectivity index (χ1n) is 7.94. The van der Waals surface area contributed by atoms with Gasteiger partial charge in [-0.05, 0) is 61.1 Å². The van der Waals surface area contributed by atoms with Gasteiger partial charge in [-0.15, -0.1) is 11.6 Å². The average molecular weight is 306 g/mol. The van der Waals surface area contributed by atoms with Crippen LogP contribution in [0.5, 0.6) is 0 Å². The van der Waals surface area contributed by atoms with Crippen molar-refractivity contribution in [2.75, 3.05) is 0 Å². The molecule has 0 amide bonds. The Kier molecular flexibility index (Phi) is 3.14. The quantitative estimate of drug-likeness (QED) is 0.788. The summed E-state index contributed by atoms with van der Waals surface area (Å²) in [6, 6.07) is 6.01. The lowest BCUT2D eigenvalue weighted by Crippen LogP contribution is -2.13. The van der Waals surface area contributed by atoms with Crippen LogP contribution in [0.1, 0.15) is 43.5 Å². The zero-order valence-corrected chi connectivity index (χ0v) is 13.0. The number of alkyl halides is 1. The van der Waals surface area contributed by atoms with E-state index in [2.05, 4.69) is 13.0 Å². The highest BCUT2D eigenvalue weighted by molar-refractivity contribution is 6.21. The fourth-order valence-electron chi connectivity index (χ4n) is 3.96. The number of hydrogen-bond donors (Lipinski definition) is 0. The molecule has 2 aliphatic rings. The number of aromatic nitrogens is 1. The van der Waals surface area contributed by atoms with Gasteiger partial charge < -0.3 is 4.42 Å². The fourth-order valence-corrected chi connectivity index (χ4v) is 4.30. The maximum atomic E-state index is 11.9. The summed E-state index contributed by atoms with van der Waals surface area (Å²) in [6.07, 6.45) is 4.85. The first-order valence-corrected chi connectivity index (χ1v) is 8.38. The van der Waals surface area contributed by atoms with E-state index in [1.165, 1.54) is 19.3 Å². The minimum absolute atomic E-state index is 0.0435. The largest absolute Gasteiger partial charge is 0.419 e. The second-order valence-corrected chi connectivity index (χ2v) is 7.11. The number of hydrogen-bond acceptors (Lipinski definition) is 2. The van der Waals surface area contributed by atoms with Crippen LogP contribution in [0.3, 0.4) is 0 Å². The van der Waals surface area contributed by atoms with Gasteiger partial charge in [0.15, 0.2) is 5.58 Å². The number of oxazole rings is 1. The minimum Gasteiger partial charge on any atom is -0.408 e. The fraction of sp³-hybridized carbons (Fsp3) is 0.588. The van der Waals surface area contributed by atoms with E-state index in [0.29, 0.717) is 18.0 Å². The lowest BCUT2D eigenvalue weighted by molar-refractivity contribution is 0.471. The molecule has 2 saturated carbocycles. The van der Waals surface area contributed by atoms with E-state index < -0.39 is 0 Å². The predicted molar refractivity (Wildman–Crippen MR) is 83.7 cm³/mol. The van der Waals surface area contributed by atoms with Crippen molar-refractivity contribution >= 4 is 22.7 Å². The molecular formula is C17H20ClNO2. The van der Waals surface area contributed by atoms with Gasteiger partial charge in [0.25, 0.3) is 0 Å². The molecule has 21 heavy (non-hydrogen) atoms. The Hall–Kier alpha value is -1.22. The lowest BCUT2D eigenvalue weighted by Gasteiger charge is -2.18. The Morgan fingerprint density at radius 2 is 2.10 bits per heavy atom. The van der Waals surface area contributed by atoms with Gasteiger partial charge in [-0.2, -0.15) is 0 Å². The van der Waals surface area contributed by atoms with Crippen molar-refractivity contribution in [1.29, 1.82) is 0 Å². The first kappa shape index (κ1) is 13.4. The smallest absolute Gasteiger partial charge is 0.408 e. The Balaban J connectivity index is 1.65. The second kappa shape index (κ2) is 4.91. The molecule has 0 saturated heterocycles. The summed E-state index contributed by atoms with van der Waals surface area (Å²) < 4.78 is 7.09. The van der Waals surface area contributed by atoms with Crippen molar-refractivity contribution in [2.45, 2.75) is 44.5 Å². The first-order chi connectivity index (χ1) is 10.2. The zero-order chi connectivity index (χ0) is 14.6. The SMILES string of the molecule is CCCn1c(=O)oc2cc(C(Cl)C3CC4CC4C3)ccc21. The second-order valence-electron chi connectivity index (χ2n) is 6.64. The van der Waals surface area contributed by atoms with E-state index in [0.717, 1.165) is 29.3 Å². The number of fused-ring (bicyclic) bond motifs is 2. The Bertz CT molecular complexity index is 722. The number of rotatable bonds is 4. The van der Waals surface area contributed by atoms with E-state index in [-0.39, 0.29) is 11.1 Å². The van der Waals surface area contributed by atoms with E-state index in [4.69, 9.17) is 16.0 Å². The standard InChI is InChI=1S/C17H20ClNO2/c1-2-5-19-14-4-3-10(9-15(14)21-17(19)20)16(18)13-7-11-6-12(11)8-13/h3-4,9,11-13,16H,2,5-8H2,1H3. The van der Waals surface area contributed by atoms with Crippen LogP contribution in [0.25, 0.3) is 11.1 Å². The van der Waals surface area contributed by atoms with Gasteiger partial charge in [-0.3, -0.25) is 4.57 Å². The van der Waals surface area contributed by atoms with Crippen molar-refractivity contribution in [3.63, 3.8) is 0 Å². The van der Waals surface area contributed by atoms with Crippen LogP contribution in [-0.2, 0) is 6.54 Å². The Morgan fingerprint density at radius 3 is 2.81 bits per heavy atom. The summed E-state index contributed by atoms with van der Waals surface area (Å²) in [5.74, 6) is 2.18. The summed E-state index contributed by atoms with van der Waals surface area (Å²) in [5.41, 5.74) is 2.64. The van der Waals surface area contributed by atoms with Crippen LogP contribution >= 0.6 is 11.6 Å². The molecule has 1 aromatic heterocycles. The normalized spacial score (nSPS) is 28.8. The van der Waals surface area contributed by atoms with Crippen LogP contribution < -0.4 is 5.76 Å². The summed E-state index contributed by atoms with van der Waals surface area (Å²) in [4.78, 5) is 11.9.